The van der Waals surface area contributed by atoms with E-state index in [0.29, 0.717) is 5.69 Å². The molecule has 5 nitrogen and oxygen atoms in total. The van der Waals surface area contributed by atoms with E-state index in [4.69, 9.17) is 10.9 Å². The highest BCUT2D eigenvalue weighted by Gasteiger charge is 2.16. The first-order valence-electron chi connectivity index (χ1n) is 5.16. The molecule has 1 aliphatic rings. The van der Waals surface area contributed by atoms with Crippen molar-refractivity contribution in [1.29, 1.82) is 0 Å². The van der Waals surface area contributed by atoms with E-state index in [0.717, 1.165) is 31.6 Å². The van der Waals surface area contributed by atoms with Crippen LogP contribution in [-0.4, -0.2) is 21.5 Å². The maximum atomic E-state index is 11.1. The first kappa shape index (κ1) is 11.2. The van der Waals surface area contributed by atoms with E-state index in [9.17, 15) is 8.42 Å². The normalized spacial score (nSPS) is 16.7. The second-order valence-electron chi connectivity index (χ2n) is 3.96. The third-order valence-corrected chi connectivity index (χ3v) is 3.69. The number of nitrogens with two attached hydrogens (primary N) is 2. The average Bonchev–Trinajstić information content (AvgIpc) is 2.69. The molecule has 1 aliphatic heterocycles. The summed E-state index contributed by atoms with van der Waals surface area (Å²) in [5, 5.41) is 5.03. The topological polar surface area (TPSA) is 89.4 Å². The van der Waals surface area contributed by atoms with Crippen LogP contribution in [-0.2, 0) is 10.0 Å². The van der Waals surface area contributed by atoms with Crippen LogP contribution >= 0.6 is 0 Å². The summed E-state index contributed by atoms with van der Waals surface area (Å²) in [4.78, 5) is 2.22. The summed E-state index contributed by atoms with van der Waals surface area (Å²) in [7, 11) is -3.66. The van der Waals surface area contributed by atoms with Crippen molar-refractivity contribution in [3.8, 4) is 0 Å². The van der Waals surface area contributed by atoms with Crippen molar-refractivity contribution >= 4 is 21.4 Å². The summed E-state index contributed by atoms with van der Waals surface area (Å²) in [5.74, 6) is 0. The van der Waals surface area contributed by atoms with Gasteiger partial charge in [-0.1, -0.05) is 0 Å². The van der Waals surface area contributed by atoms with E-state index in [-0.39, 0.29) is 4.90 Å². The highest BCUT2D eigenvalue weighted by Crippen LogP contribution is 2.28. The Kier molecular flexibility index (Phi) is 2.77. The van der Waals surface area contributed by atoms with Crippen molar-refractivity contribution in [2.75, 3.05) is 23.7 Å². The quantitative estimate of drug-likeness (QED) is 0.738. The van der Waals surface area contributed by atoms with E-state index >= 15 is 0 Å². The first-order chi connectivity index (χ1) is 7.48. The molecule has 0 unspecified atom stereocenters. The Hall–Kier alpha value is -1.27. The average molecular weight is 241 g/mol. The molecule has 2 rings (SSSR count). The second kappa shape index (κ2) is 3.95. The van der Waals surface area contributed by atoms with Gasteiger partial charge >= 0.3 is 0 Å². The van der Waals surface area contributed by atoms with E-state index in [1.807, 2.05) is 0 Å². The number of anilines is 2. The number of primary sulfonamides is 1. The van der Waals surface area contributed by atoms with Crippen LogP contribution in [0.15, 0.2) is 23.1 Å². The fourth-order valence-electron chi connectivity index (χ4n) is 1.96. The van der Waals surface area contributed by atoms with Gasteiger partial charge in [0.25, 0.3) is 0 Å². The lowest BCUT2D eigenvalue weighted by molar-refractivity contribution is 0.598. The standard InChI is InChI=1S/C10H15N3O2S/c11-9-7-8(16(12,14)15)3-4-10(9)13-5-1-2-6-13/h3-4,7H,1-2,5-6,11H2,(H2,12,14,15). The molecule has 0 spiro atoms. The van der Waals surface area contributed by atoms with Crippen molar-refractivity contribution in [2.45, 2.75) is 17.7 Å². The Morgan fingerprint density at radius 1 is 1.19 bits per heavy atom. The molecular formula is C10H15N3O2S. The molecule has 1 aromatic carbocycles. The minimum Gasteiger partial charge on any atom is -0.397 e. The van der Waals surface area contributed by atoms with Crippen LogP contribution in [0.4, 0.5) is 11.4 Å². The number of nitrogen functional groups attached to an aromatic ring is 1. The van der Waals surface area contributed by atoms with Crippen LogP contribution in [0.5, 0.6) is 0 Å². The van der Waals surface area contributed by atoms with E-state index in [2.05, 4.69) is 4.90 Å². The maximum Gasteiger partial charge on any atom is 0.238 e. The third-order valence-electron chi connectivity index (χ3n) is 2.77. The molecule has 6 heteroatoms. The minimum absolute atomic E-state index is 0.0629. The van der Waals surface area contributed by atoms with Gasteiger partial charge in [-0.25, -0.2) is 13.6 Å². The number of sulfonamides is 1. The Labute approximate surface area is 95.1 Å². The minimum atomic E-state index is -3.66. The van der Waals surface area contributed by atoms with Crippen molar-refractivity contribution in [1.82, 2.24) is 0 Å². The summed E-state index contributed by atoms with van der Waals surface area (Å²) in [5.41, 5.74) is 7.20. The lowest BCUT2D eigenvalue weighted by Crippen LogP contribution is -2.20. The summed E-state index contributed by atoms with van der Waals surface area (Å²) >= 11 is 0. The molecule has 0 aromatic heterocycles. The molecule has 88 valence electrons. The molecule has 0 amide bonds. The van der Waals surface area contributed by atoms with Crippen molar-refractivity contribution < 1.29 is 8.42 Å². The SMILES string of the molecule is Nc1cc(S(N)(=O)=O)ccc1N1CCCC1. The number of hydrogen-bond acceptors (Lipinski definition) is 4. The molecule has 1 saturated heterocycles. The number of benzene rings is 1. The maximum absolute atomic E-state index is 11.1. The predicted octanol–water partition coefficient (Wildman–Crippen LogP) is 0.516. The van der Waals surface area contributed by atoms with Gasteiger partial charge in [-0.3, -0.25) is 0 Å². The molecule has 0 saturated carbocycles. The molecule has 0 aliphatic carbocycles. The zero-order chi connectivity index (χ0) is 11.8. The molecule has 0 radical (unpaired) electrons. The van der Waals surface area contributed by atoms with Crippen LogP contribution in [0.1, 0.15) is 12.8 Å². The third kappa shape index (κ3) is 2.12. The fourth-order valence-corrected chi connectivity index (χ4v) is 2.50. The van der Waals surface area contributed by atoms with Crippen LogP contribution < -0.4 is 15.8 Å². The van der Waals surface area contributed by atoms with Crippen LogP contribution in [0.3, 0.4) is 0 Å². The molecule has 0 atom stereocenters. The molecular weight excluding hydrogens is 226 g/mol. The molecule has 16 heavy (non-hydrogen) atoms. The van der Waals surface area contributed by atoms with Gasteiger partial charge in [-0.2, -0.15) is 0 Å². The summed E-state index contributed by atoms with van der Waals surface area (Å²) < 4.78 is 22.3. The van der Waals surface area contributed by atoms with Crippen molar-refractivity contribution in [3.05, 3.63) is 18.2 Å². The lowest BCUT2D eigenvalue weighted by atomic mass is 10.2. The smallest absolute Gasteiger partial charge is 0.238 e. The molecule has 0 bridgehead atoms. The van der Waals surface area contributed by atoms with E-state index in [1.54, 1.807) is 6.07 Å². The highest BCUT2D eigenvalue weighted by molar-refractivity contribution is 7.89. The largest absolute Gasteiger partial charge is 0.397 e. The molecule has 4 N–H and O–H groups in total. The zero-order valence-corrected chi connectivity index (χ0v) is 9.70. The highest BCUT2D eigenvalue weighted by atomic mass is 32.2. The van der Waals surface area contributed by atoms with Gasteiger partial charge in [-0.15, -0.1) is 0 Å². The Morgan fingerprint density at radius 2 is 1.81 bits per heavy atom. The number of nitrogens with zero attached hydrogens (tertiary/aromatic N) is 1. The fraction of sp³-hybridized carbons (Fsp3) is 0.400. The Morgan fingerprint density at radius 3 is 2.31 bits per heavy atom. The monoisotopic (exact) mass is 241 g/mol. The van der Waals surface area contributed by atoms with Crippen molar-refractivity contribution in [3.63, 3.8) is 0 Å². The van der Waals surface area contributed by atoms with Gasteiger partial charge in [0.1, 0.15) is 0 Å². The molecule has 1 aromatic rings. The predicted molar refractivity (Wildman–Crippen MR) is 63.7 cm³/mol. The van der Waals surface area contributed by atoms with Gasteiger partial charge in [0.15, 0.2) is 0 Å². The van der Waals surface area contributed by atoms with Crippen LogP contribution in [0.25, 0.3) is 0 Å². The van der Waals surface area contributed by atoms with Gasteiger partial charge in [0.2, 0.25) is 10.0 Å². The zero-order valence-electron chi connectivity index (χ0n) is 8.89. The first-order valence-corrected chi connectivity index (χ1v) is 6.70. The van der Waals surface area contributed by atoms with Gasteiger partial charge < -0.3 is 10.6 Å². The Bertz CT molecular complexity index is 493. The summed E-state index contributed by atoms with van der Waals surface area (Å²) in [6.45, 7) is 1.94. The lowest BCUT2D eigenvalue weighted by Gasteiger charge is -2.19. The second-order valence-corrected chi connectivity index (χ2v) is 5.52. The summed E-state index contributed by atoms with van der Waals surface area (Å²) in [6, 6.07) is 4.64. The van der Waals surface area contributed by atoms with Gasteiger partial charge in [0, 0.05) is 13.1 Å². The number of hydrogen-bond donors (Lipinski definition) is 2. The molecule has 1 fully saturated rings. The van der Waals surface area contributed by atoms with Gasteiger partial charge in [-0.05, 0) is 31.0 Å². The van der Waals surface area contributed by atoms with E-state index in [1.165, 1.54) is 12.1 Å². The van der Waals surface area contributed by atoms with Crippen LogP contribution in [0, 0.1) is 0 Å². The Balaban J connectivity index is 2.37. The van der Waals surface area contributed by atoms with Gasteiger partial charge in [0.05, 0.1) is 16.3 Å². The number of rotatable bonds is 2. The van der Waals surface area contributed by atoms with E-state index < -0.39 is 10.0 Å². The molecule has 1 heterocycles. The van der Waals surface area contributed by atoms with Crippen molar-refractivity contribution in [2.24, 2.45) is 5.14 Å². The summed E-state index contributed by atoms with van der Waals surface area (Å²) in [6.07, 6.45) is 2.30. The van der Waals surface area contributed by atoms with Crippen LogP contribution in [0.2, 0.25) is 0 Å².